The summed E-state index contributed by atoms with van der Waals surface area (Å²) in [4.78, 5) is 14.5. The number of nitro groups is 1. The topological polar surface area (TPSA) is 75.6 Å². The first-order valence-corrected chi connectivity index (χ1v) is 13.8. The van der Waals surface area contributed by atoms with Gasteiger partial charge in [-0.15, -0.1) is 0 Å². The molecule has 2 aliphatic heterocycles. The summed E-state index contributed by atoms with van der Waals surface area (Å²) in [6.07, 6.45) is -7.01. The van der Waals surface area contributed by atoms with Crippen molar-refractivity contribution in [2.24, 2.45) is 0 Å². The molecule has 2 heterocycles. The largest absolute Gasteiger partial charge is 0.416 e. The zero-order valence-electron chi connectivity index (χ0n) is 23.3. The van der Waals surface area contributed by atoms with Crippen LogP contribution in [0.1, 0.15) is 33.4 Å². The lowest BCUT2D eigenvalue weighted by atomic mass is 10.1. The number of rotatable bonds is 5. The highest BCUT2D eigenvalue weighted by atomic mass is 19.4. The highest BCUT2D eigenvalue weighted by Gasteiger charge is 2.31. The molecule has 6 nitrogen and oxygen atoms in total. The van der Waals surface area contributed by atoms with Crippen molar-refractivity contribution in [3.63, 3.8) is 0 Å². The summed E-state index contributed by atoms with van der Waals surface area (Å²) in [6.45, 7) is 2.63. The van der Waals surface area contributed by atoms with Gasteiger partial charge in [0, 0.05) is 55.4 Å². The highest BCUT2D eigenvalue weighted by Crippen LogP contribution is 2.34. The second-order valence-corrected chi connectivity index (χ2v) is 10.7. The van der Waals surface area contributed by atoms with Gasteiger partial charge in [0.2, 0.25) is 0 Å². The van der Waals surface area contributed by atoms with Crippen LogP contribution in [0.3, 0.4) is 0 Å². The van der Waals surface area contributed by atoms with E-state index >= 15 is 0 Å². The number of nitrogens with two attached hydrogens (primary N) is 1. The summed E-state index contributed by atoms with van der Waals surface area (Å²) in [5, 5.41) is 10.8. The summed E-state index contributed by atoms with van der Waals surface area (Å²) < 4.78 is 75.3. The van der Waals surface area contributed by atoms with E-state index in [2.05, 4.69) is 4.90 Å². The van der Waals surface area contributed by atoms with Crippen molar-refractivity contribution in [3.8, 4) is 0 Å². The van der Waals surface area contributed by atoms with E-state index in [0.29, 0.717) is 26.1 Å². The molecule has 12 heteroatoms. The van der Waals surface area contributed by atoms with Crippen molar-refractivity contribution in [2.45, 2.75) is 38.3 Å². The van der Waals surface area contributed by atoms with Gasteiger partial charge in [0.15, 0.2) is 0 Å². The molecule has 44 heavy (non-hydrogen) atoms. The van der Waals surface area contributed by atoms with Gasteiger partial charge in [-0.2, -0.15) is 26.3 Å². The van der Waals surface area contributed by atoms with Crippen LogP contribution in [0.15, 0.2) is 84.9 Å². The molecule has 0 saturated carbocycles. The van der Waals surface area contributed by atoms with Crippen molar-refractivity contribution < 1.29 is 31.3 Å². The fraction of sp³-hybridized carbons (Fsp3) is 0.250. The molecular weight excluding hydrogens is 586 g/mol. The molecule has 0 unspecified atom stereocenters. The molecule has 4 aromatic rings. The molecule has 4 aromatic carbocycles. The molecule has 0 radical (unpaired) electrons. The number of hydrogen-bond acceptors (Lipinski definition) is 5. The van der Waals surface area contributed by atoms with Gasteiger partial charge in [0.25, 0.3) is 5.69 Å². The summed E-state index contributed by atoms with van der Waals surface area (Å²) in [5.41, 5.74) is 11.0. The molecule has 2 N–H and O–H groups in total. The second-order valence-electron chi connectivity index (χ2n) is 10.7. The smallest absolute Gasteiger partial charge is 0.399 e. The fourth-order valence-corrected chi connectivity index (χ4v) is 5.43. The van der Waals surface area contributed by atoms with E-state index in [-0.39, 0.29) is 5.69 Å². The molecule has 0 aromatic heterocycles. The number of nitrogens with zero attached hydrogens (tertiary/aromatic N) is 3. The molecule has 230 valence electrons. The van der Waals surface area contributed by atoms with Crippen LogP contribution in [0.5, 0.6) is 0 Å². The number of nitrogen functional groups attached to an aromatic ring is 1. The maximum atomic E-state index is 12.6. The summed E-state index contributed by atoms with van der Waals surface area (Å²) >= 11 is 0. The Morgan fingerprint density at radius 2 is 1.09 bits per heavy atom. The van der Waals surface area contributed by atoms with Crippen LogP contribution < -0.4 is 15.5 Å². The molecule has 0 bridgehead atoms. The van der Waals surface area contributed by atoms with Crippen LogP contribution in [-0.2, 0) is 38.3 Å². The predicted molar refractivity (Wildman–Crippen MR) is 156 cm³/mol. The van der Waals surface area contributed by atoms with E-state index in [1.165, 1.54) is 35.9 Å². The highest BCUT2D eigenvalue weighted by molar-refractivity contribution is 5.63. The van der Waals surface area contributed by atoms with E-state index in [9.17, 15) is 36.5 Å². The van der Waals surface area contributed by atoms with Crippen molar-refractivity contribution in [1.82, 2.24) is 0 Å². The minimum Gasteiger partial charge on any atom is -0.399 e. The number of halogens is 6. The molecule has 0 spiro atoms. The van der Waals surface area contributed by atoms with Crippen molar-refractivity contribution >= 4 is 22.7 Å². The standard InChI is InChI=1S/C16H13F3N2O2.C16H15F3N2/c17-16(18,19)13-3-1-11(2-4-13)10-20-8-7-12-9-14(21(22)23)5-6-15(12)20;17-16(18,19)13-3-1-11(2-4-13)10-21-8-7-12-9-14(20)5-6-15(12)21/h1-6,9H,7-8,10H2;1-6,9H,7-8,10,20H2. The Bertz CT molecular complexity index is 1640. The summed E-state index contributed by atoms with van der Waals surface area (Å²) in [7, 11) is 0. The van der Waals surface area contributed by atoms with Crippen LogP contribution >= 0.6 is 0 Å². The second kappa shape index (κ2) is 12.1. The minimum atomic E-state index is -4.34. The van der Waals surface area contributed by atoms with E-state index in [0.717, 1.165) is 71.0 Å². The van der Waals surface area contributed by atoms with Crippen LogP contribution in [0.2, 0.25) is 0 Å². The van der Waals surface area contributed by atoms with Gasteiger partial charge in [-0.1, -0.05) is 24.3 Å². The summed E-state index contributed by atoms with van der Waals surface area (Å²) in [6, 6.07) is 20.9. The Morgan fingerprint density at radius 3 is 1.52 bits per heavy atom. The predicted octanol–water partition coefficient (Wildman–Crippen LogP) is 8.03. The Balaban J connectivity index is 0.000000175. The lowest BCUT2D eigenvalue weighted by molar-refractivity contribution is -0.384. The lowest BCUT2D eigenvalue weighted by Crippen LogP contribution is -2.19. The quantitative estimate of drug-likeness (QED) is 0.107. The van der Waals surface area contributed by atoms with E-state index < -0.39 is 28.4 Å². The maximum Gasteiger partial charge on any atom is 0.416 e. The number of anilines is 3. The van der Waals surface area contributed by atoms with Gasteiger partial charge in [0.1, 0.15) is 0 Å². The van der Waals surface area contributed by atoms with Crippen molar-refractivity contribution in [3.05, 3.63) is 128 Å². The van der Waals surface area contributed by atoms with Crippen LogP contribution in [-0.4, -0.2) is 18.0 Å². The Morgan fingerprint density at radius 1 is 0.659 bits per heavy atom. The molecular formula is C32H28F6N4O2. The Labute approximate surface area is 249 Å². The zero-order chi connectivity index (χ0) is 31.6. The summed E-state index contributed by atoms with van der Waals surface area (Å²) in [5.74, 6) is 0. The maximum absolute atomic E-state index is 12.6. The first kappa shape index (κ1) is 30.7. The van der Waals surface area contributed by atoms with Gasteiger partial charge in [0.05, 0.1) is 16.1 Å². The minimum absolute atomic E-state index is 0.0557. The molecule has 0 aliphatic carbocycles. The number of non-ortho nitro benzene ring substituents is 1. The molecule has 2 aliphatic rings. The first-order chi connectivity index (χ1) is 20.8. The van der Waals surface area contributed by atoms with Gasteiger partial charge >= 0.3 is 12.4 Å². The van der Waals surface area contributed by atoms with Crippen LogP contribution in [0.4, 0.5) is 49.1 Å². The number of alkyl halides is 6. The monoisotopic (exact) mass is 614 g/mol. The SMILES string of the molecule is Nc1ccc2c(c1)CCN2Cc1ccc(C(F)(F)F)cc1.O=[N+]([O-])c1ccc2c(c1)CCN2Cc1ccc(C(F)(F)F)cc1. The van der Waals surface area contributed by atoms with E-state index in [4.69, 9.17) is 5.73 Å². The average Bonchev–Trinajstić information content (AvgIpc) is 3.56. The molecule has 0 atom stereocenters. The van der Waals surface area contributed by atoms with E-state index in [1.54, 1.807) is 12.1 Å². The average molecular weight is 615 g/mol. The van der Waals surface area contributed by atoms with Crippen LogP contribution in [0.25, 0.3) is 0 Å². The molecule has 6 rings (SSSR count). The van der Waals surface area contributed by atoms with Crippen molar-refractivity contribution in [1.29, 1.82) is 0 Å². The fourth-order valence-electron chi connectivity index (χ4n) is 5.43. The van der Waals surface area contributed by atoms with Crippen molar-refractivity contribution in [2.75, 3.05) is 28.6 Å². The molecule has 0 amide bonds. The lowest BCUT2D eigenvalue weighted by Gasteiger charge is -2.20. The molecule has 0 saturated heterocycles. The third-order valence-electron chi connectivity index (χ3n) is 7.67. The number of benzene rings is 4. The van der Waals surface area contributed by atoms with Crippen LogP contribution in [0, 0.1) is 10.1 Å². The normalized spacial score (nSPS) is 14.1. The van der Waals surface area contributed by atoms with Gasteiger partial charge in [-0.3, -0.25) is 10.1 Å². The number of nitro benzene ring substituents is 1. The third kappa shape index (κ3) is 7.07. The number of fused-ring (bicyclic) bond motifs is 2. The number of hydrogen-bond donors (Lipinski definition) is 1. The van der Waals surface area contributed by atoms with E-state index in [1.807, 2.05) is 23.1 Å². The molecule has 0 fully saturated rings. The van der Waals surface area contributed by atoms with Gasteiger partial charge in [-0.05, 0) is 83.6 Å². The van der Waals surface area contributed by atoms with Gasteiger partial charge in [-0.25, -0.2) is 0 Å². The Hall–Kier alpha value is -4.74. The van der Waals surface area contributed by atoms with Gasteiger partial charge < -0.3 is 15.5 Å². The Kier molecular flexibility index (Phi) is 8.44. The third-order valence-corrected chi connectivity index (χ3v) is 7.67. The zero-order valence-corrected chi connectivity index (χ0v) is 23.3. The first-order valence-electron chi connectivity index (χ1n) is 13.8.